The lowest BCUT2D eigenvalue weighted by molar-refractivity contribution is 0.171. The molecule has 5 nitrogen and oxygen atoms in total. The number of hydrogen-bond acceptors (Lipinski definition) is 5. The molecule has 1 fully saturated rings. The Labute approximate surface area is 119 Å². The zero-order valence-electron chi connectivity index (χ0n) is 11.2. The second-order valence-electron chi connectivity index (χ2n) is 5.40. The SMILES string of the molecule is NC1CCCC(S(=O)(=O)c2ccc3c(c2)OCCO3)C1. The maximum atomic E-state index is 12.7. The van der Waals surface area contributed by atoms with Crippen molar-refractivity contribution in [2.75, 3.05) is 13.2 Å². The maximum Gasteiger partial charge on any atom is 0.181 e. The number of nitrogens with two attached hydrogens (primary N) is 1. The predicted molar refractivity (Wildman–Crippen MR) is 74.8 cm³/mol. The third-order valence-corrected chi connectivity index (χ3v) is 6.16. The van der Waals surface area contributed by atoms with Gasteiger partial charge in [0.05, 0.1) is 10.1 Å². The van der Waals surface area contributed by atoms with Crippen molar-refractivity contribution in [2.45, 2.75) is 41.9 Å². The molecule has 2 atom stereocenters. The van der Waals surface area contributed by atoms with Crippen LogP contribution in [0.3, 0.4) is 0 Å². The van der Waals surface area contributed by atoms with E-state index < -0.39 is 9.84 Å². The van der Waals surface area contributed by atoms with Crippen LogP contribution in [0.25, 0.3) is 0 Å². The van der Waals surface area contributed by atoms with Gasteiger partial charge in [0.1, 0.15) is 13.2 Å². The van der Waals surface area contributed by atoms with Gasteiger partial charge in [0.15, 0.2) is 21.3 Å². The molecule has 1 saturated carbocycles. The van der Waals surface area contributed by atoms with Gasteiger partial charge >= 0.3 is 0 Å². The van der Waals surface area contributed by atoms with Gasteiger partial charge in [-0.1, -0.05) is 6.42 Å². The molecule has 1 aliphatic carbocycles. The monoisotopic (exact) mass is 297 g/mol. The first kappa shape index (κ1) is 13.7. The lowest BCUT2D eigenvalue weighted by atomic mass is 9.96. The summed E-state index contributed by atoms with van der Waals surface area (Å²) in [6, 6.07) is 4.83. The van der Waals surface area contributed by atoms with E-state index in [4.69, 9.17) is 15.2 Å². The standard InChI is InChI=1S/C14H19NO4S/c15-10-2-1-3-11(8-10)20(16,17)12-4-5-13-14(9-12)19-7-6-18-13/h4-5,9-11H,1-3,6-8,15H2. The minimum Gasteiger partial charge on any atom is -0.486 e. The average Bonchev–Trinajstić information content (AvgIpc) is 2.46. The number of sulfone groups is 1. The third-order valence-electron chi connectivity index (χ3n) is 3.95. The zero-order chi connectivity index (χ0) is 14.2. The minimum absolute atomic E-state index is 0.0132. The number of rotatable bonds is 2. The van der Waals surface area contributed by atoms with Gasteiger partial charge in [-0.25, -0.2) is 8.42 Å². The molecule has 0 saturated heterocycles. The fraction of sp³-hybridized carbons (Fsp3) is 0.571. The van der Waals surface area contributed by atoms with E-state index in [1.54, 1.807) is 18.2 Å². The zero-order valence-corrected chi connectivity index (χ0v) is 12.1. The molecule has 6 heteroatoms. The van der Waals surface area contributed by atoms with Crippen molar-refractivity contribution in [1.29, 1.82) is 0 Å². The quantitative estimate of drug-likeness (QED) is 0.895. The summed E-state index contributed by atoms with van der Waals surface area (Å²) in [4.78, 5) is 0.306. The van der Waals surface area contributed by atoms with E-state index in [0.717, 1.165) is 12.8 Å². The van der Waals surface area contributed by atoms with Crippen LogP contribution in [0.4, 0.5) is 0 Å². The molecule has 3 rings (SSSR count). The molecule has 0 aromatic heterocycles. The topological polar surface area (TPSA) is 78.6 Å². The van der Waals surface area contributed by atoms with E-state index in [1.165, 1.54) is 0 Å². The maximum absolute atomic E-state index is 12.7. The molecule has 20 heavy (non-hydrogen) atoms. The van der Waals surface area contributed by atoms with E-state index in [0.29, 0.717) is 42.4 Å². The Morgan fingerprint density at radius 3 is 2.60 bits per heavy atom. The highest BCUT2D eigenvalue weighted by Crippen LogP contribution is 2.35. The molecule has 2 unspecified atom stereocenters. The Bertz CT molecular complexity index is 599. The molecule has 2 N–H and O–H groups in total. The summed E-state index contributed by atoms with van der Waals surface area (Å²) in [5.74, 6) is 1.12. The van der Waals surface area contributed by atoms with Crippen molar-refractivity contribution in [2.24, 2.45) is 5.73 Å². The number of hydrogen-bond donors (Lipinski definition) is 1. The Morgan fingerprint density at radius 1 is 1.10 bits per heavy atom. The molecule has 1 aromatic carbocycles. The van der Waals surface area contributed by atoms with E-state index in [2.05, 4.69) is 0 Å². The summed E-state index contributed by atoms with van der Waals surface area (Å²) in [5.41, 5.74) is 5.90. The second kappa shape index (κ2) is 5.26. The predicted octanol–water partition coefficient (Wildman–Crippen LogP) is 1.50. The van der Waals surface area contributed by atoms with E-state index in [9.17, 15) is 8.42 Å². The molecule has 0 bridgehead atoms. The Kier molecular flexibility index (Phi) is 3.60. The van der Waals surface area contributed by atoms with Crippen molar-refractivity contribution in [3.8, 4) is 11.5 Å². The highest BCUT2D eigenvalue weighted by atomic mass is 32.2. The highest BCUT2D eigenvalue weighted by Gasteiger charge is 2.32. The number of fused-ring (bicyclic) bond motifs is 1. The van der Waals surface area contributed by atoms with Crippen LogP contribution in [0.15, 0.2) is 23.1 Å². The van der Waals surface area contributed by atoms with E-state index >= 15 is 0 Å². The molecule has 110 valence electrons. The summed E-state index contributed by atoms with van der Waals surface area (Å²) in [6.07, 6.45) is 3.00. The molecule has 0 spiro atoms. The van der Waals surface area contributed by atoms with Crippen LogP contribution in [0.2, 0.25) is 0 Å². The van der Waals surface area contributed by atoms with Gasteiger partial charge in [-0.3, -0.25) is 0 Å². The van der Waals surface area contributed by atoms with Gasteiger partial charge in [-0.15, -0.1) is 0 Å². The lowest BCUT2D eigenvalue weighted by Gasteiger charge is -2.27. The van der Waals surface area contributed by atoms with Crippen LogP contribution in [-0.2, 0) is 9.84 Å². The molecule has 1 heterocycles. The minimum atomic E-state index is -3.34. The van der Waals surface area contributed by atoms with Crippen LogP contribution in [0, 0.1) is 0 Å². The van der Waals surface area contributed by atoms with Gasteiger partial charge in [-0.05, 0) is 31.4 Å². The van der Waals surface area contributed by atoms with E-state index in [-0.39, 0.29) is 11.3 Å². The van der Waals surface area contributed by atoms with Crippen LogP contribution in [0.1, 0.15) is 25.7 Å². The van der Waals surface area contributed by atoms with Crippen LogP contribution in [-0.4, -0.2) is 32.9 Å². The van der Waals surface area contributed by atoms with Crippen molar-refractivity contribution < 1.29 is 17.9 Å². The number of ether oxygens (including phenoxy) is 2. The normalized spacial score (nSPS) is 26.2. The summed E-state index contributed by atoms with van der Waals surface area (Å²) in [7, 11) is -3.34. The van der Waals surface area contributed by atoms with Crippen molar-refractivity contribution >= 4 is 9.84 Å². The van der Waals surface area contributed by atoms with Gasteiger partial charge < -0.3 is 15.2 Å². The molecule has 0 radical (unpaired) electrons. The van der Waals surface area contributed by atoms with Gasteiger partial charge in [0.25, 0.3) is 0 Å². The summed E-state index contributed by atoms with van der Waals surface area (Å²) >= 11 is 0. The Balaban J connectivity index is 1.90. The average molecular weight is 297 g/mol. The Morgan fingerprint density at radius 2 is 1.85 bits per heavy atom. The molecular formula is C14H19NO4S. The fourth-order valence-electron chi connectivity index (χ4n) is 2.86. The van der Waals surface area contributed by atoms with Crippen LogP contribution >= 0.6 is 0 Å². The van der Waals surface area contributed by atoms with Crippen molar-refractivity contribution in [3.05, 3.63) is 18.2 Å². The molecule has 1 aliphatic heterocycles. The smallest absolute Gasteiger partial charge is 0.181 e. The molecule has 0 amide bonds. The van der Waals surface area contributed by atoms with Crippen molar-refractivity contribution in [3.63, 3.8) is 0 Å². The molecule has 2 aliphatic rings. The largest absolute Gasteiger partial charge is 0.486 e. The third kappa shape index (κ3) is 2.50. The first-order chi connectivity index (χ1) is 9.57. The number of benzene rings is 1. The van der Waals surface area contributed by atoms with Gasteiger partial charge in [0.2, 0.25) is 0 Å². The first-order valence-corrected chi connectivity index (χ1v) is 8.51. The second-order valence-corrected chi connectivity index (χ2v) is 7.63. The summed E-state index contributed by atoms with van der Waals surface area (Å²) in [6.45, 7) is 0.946. The summed E-state index contributed by atoms with van der Waals surface area (Å²) in [5, 5.41) is -0.381. The van der Waals surface area contributed by atoms with Crippen molar-refractivity contribution in [1.82, 2.24) is 0 Å². The van der Waals surface area contributed by atoms with Gasteiger partial charge in [-0.2, -0.15) is 0 Å². The van der Waals surface area contributed by atoms with Crippen LogP contribution in [0.5, 0.6) is 11.5 Å². The van der Waals surface area contributed by atoms with Gasteiger partial charge in [0, 0.05) is 12.1 Å². The van der Waals surface area contributed by atoms with E-state index in [1.807, 2.05) is 0 Å². The first-order valence-electron chi connectivity index (χ1n) is 6.96. The molecular weight excluding hydrogens is 278 g/mol. The molecule has 1 aromatic rings. The summed E-state index contributed by atoms with van der Waals surface area (Å²) < 4.78 is 36.2. The Hall–Kier alpha value is -1.27. The highest BCUT2D eigenvalue weighted by molar-refractivity contribution is 7.92. The lowest BCUT2D eigenvalue weighted by Crippen LogP contribution is -2.35. The van der Waals surface area contributed by atoms with Crippen LogP contribution < -0.4 is 15.2 Å². The fourth-order valence-corrected chi connectivity index (χ4v) is 4.75.